The fourth-order valence-electron chi connectivity index (χ4n) is 4.89. The van der Waals surface area contributed by atoms with E-state index in [1.165, 1.54) is 11.1 Å². The van der Waals surface area contributed by atoms with E-state index in [4.69, 9.17) is 11.0 Å². The molecule has 2 heterocycles. The number of rotatable bonds is 4. The molecule has 0 saturated carbocycles. The fraction of sp³-hybridized carbons (Fsp3) is 0.200. The summed E-state index contributed by atoms with van der Waals surface area (Å²) >= 11 is 0. The van der Waals surface area contributed by atoms with Gasteiger partial charge in [0.2, 0.25) is 11.4 Å². The molecule has 0 aliphatic heterocycles. The van der Waals surface area contributed by atoms with Crippen LogP contribution in [0.5, 0.6) is 0 Å². The van der Waals surface area contributed by atoms with Crippen LogP contribution in [0.15, 0.2) is 77.3 Å². The summed E-state index contributed by atoms with van der Waals surface area (Å²) in [4.78, 5) is 3.95. The number of furan rings is 1. The van der Waals surface area contributed by atoms with E-state index >= 15 is 0 Å². The molecule has 0 aliphatic rings. The van der Waals surface area contributed by atoms with Crippen LogP contribution in [0.2, 0.25) is 0 Å². The summed E-state index contributed by atoms with van der Waals surface area (Å²) < 4.78 is 8.78. The van der Waals surface area contributed by atoms with Crippen LogP contribution in [0.1, 0.15) is 25.0 Å². The Morgan fingerprint density at radius 3 is 2.42 bits per heavy atom. The molecule has 3 heteroatoms. The van der Waals surface area contributed by atoms with E-state index in [0.29, 0.717) is 17.2 Å². The van der Waals surface area contributed by atoms with Gasteiger partial charge in [0.15, 0.2) is 6.20 Å². The van der Waals surface area contributed by atoms with Crippen LogP contribution < -0.4 is 4.57 Å². The van der Waals surface area contributed by atoms with Crippen LogP contribution in [-0.4, -0.2) is 0 Å². The fourth-order valence-corrected chi connectivity index (χ4v) is 4.89. The van der Waals surface area contributed by atoms with Crippen molar-refractivity contribution in [3.63, 3.8) is 0 Å². The average molecular weight is 432 g/mol. The van der Waals surface area contributed by atoms with Crippen molar-refractivity contribution in [1.29, 1.82) is 0 Å². The minimum absolute atomic E-state index is 0.514. The van der Waals surface area contributed by atoms with E-state index in [0.717, 1.165) is 45.2 Å². The van der Waals surface area contributed by atoms with Gasteiger partial charge in [0, 0.05) is 22.9 Å². The first-order valence-electron chi connectivity index (χ1n) is 11.4. The normalized spacial score (nSPS) is 11.4. The van der Waals surface area contributed by atoms with Gasteiger partial charge in [0.25, 0.3) is 0 Å². The number of aryl methyl sites for hydroxylation is 2. The van der Waals surface area contributed by atoms with Gasteiger partial charge in [-0.1, -0.05) is 62.4 Å². The Labute approximate surface area is 194 Å². The third-order valence-corrected chi connectivity index (χ3v) is 6.30. The van der Waals surface area contributed by atoms with Crippen molar-refractivity contribution in [2.45, 2.75) is 27.2 Å². The zero-order valence-corrected chi connectivity index (χ0v) is 19.5. The number of aromatic nitrogens is 1. The maximum atomic E-state index is 8.01. The molecule has 0 bridgehead atoms. The van der Waals surface area contributed by atoms with E-state index < -0.39 is 0 Å². The van der Waals surface area contributed by atoms with Gasteiger partial charge < -0.3 is 4.42 Å². The lowest BCUT2D eigenvalue weighted by Crippen LogP contribution is -2.30. The highest BCUT2D eigenvalue weighted by molar-refractivity contribution is 6.16. The Balaban J connectivity index is 1.92. The molecule has 3 aromatic carbocycles. The molecule has 0 fully saturated rings. The summed E-state index contributed by atoms with van der Waals surface area (Å²) in [7, 11) is 2.06. The minimum Gasteiger partial charge on any atom is -0.466 e. The molecule has 5 rings (SSSR count). The van der Waals surface area contributed by atoms with Crippen LogP contribution in [0, 0.1) is 19.4 Å². The highest BCUT2D eigenvalue weighted by Gasteiger charge is 2.25. The van der Waals surface area contributed by atoms with E-state index in [1.807, 2.05) is 36.4 Å². The van der Waals surface area contributed by atoms with Crippen LogP contribution in [0.3, 0.4) is 0 Å². The second-order valence-corrected chi connectivity index (χ2v) is 9.14. The van der Waals surface area contributed by atoms with Gasteiger partial charge in [-0.2, -0.15) is 0 Å². The summed E-state index contributed by atoms with van der Waals surface area (Å²) in [5.41, 5.74) is 8.72. The molecular formula is C30H27N2O+. The molecule has 2 aromatic heterocycles. The lowest BCUT2D eigenvalue weighted by Gasteiger charge is -2.12. The van der Waals surface area contributed by atoms with Crippen molar-refractivity contribution in [1.82, 2.24) is 0 Å². The second kappa shape index (κ2) is 8.22. The van der Waals surface area contributed by atoms with Crippen LogP contribution in [0.25, 0.3) is 49.2 Å². The Morgan fingerprint density at radius 1 is 0.970 bits per heavy atom. The SMILES string of the molecule is [C-]#[N+]c1c(-c2ccccc2)ccc2c1oc1c(-c3cccc[n+]3C)c(C)cc(CC(C)C)c12. The molecule has 33 heavy (non-hydrogen) atoms. The van der Waals surface area contributed by atoms with E-state index in [2.05, 4.69) is 73.8 Å². The van der Waals surface area contributed by atoms with Crippen LogP contribution in [-0.2, 0) is 13.5 Å². The predicted octanol–water partition coefficient (Wildman–Crippen LogP) is 7.80. The van der Waals surface area contributed by atoms with Crippen LogP contribution >= 0.6 is 0 Å². The second-order valence-electron chi connectivity index (χ2n) is 9.14. The summed E-state index contributed by atoms with van der Waals surface area (Å²) in [5.74, 6) is 0.514. The molecule has 0 saturated heterocycles. The first-order valence-corrected chi connectivity index (χ1v) is 11.4. The molecule has 3 nitrogen and oxygen atoms in total. The Hall–Kier alpha value is -3.90. The minimum atomic E-state index is 0.514. The number of nitrogens with zero attached hydrogens (tertiary/aromatic N) is 2. The zero-order valence-electron chi connectivity index (χ0n) is 19.5. The standard InChI is InChI=1S/C30H27N2O/c1-19(2)17-22-18-20(3)26(25-13-9-10-16-32(25)5)30-27(22)24-15-14-23(21-11-7-6-8-12-21)28(31-4)29(24)33-30/h6-16,18-19H,17H2,1-3,5H3/q+1. The average Bonchev–Trinajstić information content (AvgIpc) is 3.19. The van der Waals surface area contributed by atoms with Crippen molar-refractivity contribution in [2.75, 3.05) is 0 Å². The summed E-state index contributed by atoms with van der Waals surface area (Å²) in [6, 6.07) is 22.8. The number of hydrogen-bond donors (Lipinski definition) is 0. The molecule has 162 valence electrons. The Morgan fingerprint density at radius 2 is 1.73 bits per heavy atom. The molecule has 0 radical (unpaired) electrons. The maximum Gasteiger partial charge on any atom is 0.237 e. The first-order chi connectivity index (χ1) is 16.0. The summed E-state index contributed by atoms with van der Waals surface area (Å²) in [6.07, 6.45) is 3.02. The zero-order chi connectivity index (χ0) is 23.1. The first kappa shape index (κ1) is 21.0. The van der Waals surface area contributed by atoms with Gasteiger partial charge >= 0.3 is 0 Å². The molecule has 0 N–H and O–H groups in total. The van der Waals surface area contributed by atoms with Gasteiger partial charge in [-0.15, -0.1) is 0 Å². The molecule has 5 aromatic rings. The van der Waals surface area contributed by atoms with Crippen molar-refractivity contribution < 1.29 is 8.98 Å². The van der Waals surface area contributed by atoms with Crippen LogP contribution in [0.4, 0.5) is 5.69 Å². The highest BCUT2D eigenvalue weighted by atomic mass is 16.3. The molecule has 0 unspecified atom stereocenters. The quantitative estimate of drug-likeness (QED) is 0.210. The predicted molar refractivity (Wildman–Crippen MR) is 135 cm³/mol. The van der Waals surface area contributed by atoms with Gasteiger partial charge in [0.05, 0.1) is 12.1 Å². The summed E-state index contributed by atoms with van der Waals surface area (Å²) in [5, 5.41) is 2.15. The van der Waals surface area contributed by atoms with Crippen molar-refractivity contribution in [2.24, 2.45) is 13.0 Å². The third kappa shape index (κ3) is 3.49. The highest BCUT2D eigenvalue weighted by Crippen LogP contribution is 2.45. The van der Waals surface area contributed by atoms with Gasteiger partial charge in [-0.05, 0) is 47.6 Å². The Kier molecular flexibility index (Phi) is 5.23. The summed E-state index contributed by atoms with van der Waals surface area (Å²) in [6.45, 7) is 14.7. The monoisotopic (exact) mass is 431 g/mol. The van der Waals surface area contributed by atoms with Gasteiger partial charge in [0.1, 0.15) is 18.2 Å². The van der Waals surface area contributed by atoms with Crippen molar-refractivity contribution in [3.8, 4) is 22.4 Å². The number of hydrogen-bond acceptors (Lipinski definition) is 1. The van der Waals surface area contributed by atoms with E-state index in [1.54, 1.807) is 0 Å². The smallest absolute Gasteiger partial charge is 0.237 e. The van der Waals surface area contributed by atoms with Crippen molar-refractivity contribution in [3.05, 3.63) is 95.5 Å². The van der Waals surface area contributed by atoms with Gasteiger partial charge in [-0.25, -0.2) is 9.41 Å². The molecule has 0 amide bonds. The topological polar surface area (TPSA) is 21.4 Å². The lowest BCUT2D eigenvalue weighted by atomic mass is 9.91. The van der Waals surface area contributed by atoms with E-state index in [-0.39, 0.29) is 0 Å². The maximum absolute atomic E-state index is 8.01. The molecule has 0 spiro atoms. The van der Waals surface area contributed by atoms with Gasteiger partial charge in [-0.3, -0.25) is 0 Å². The number of pyridine rings is 1. The Bertz CT molecular complexity index is 1540. The van der Waals surface area contributed by atoms with Crippen molar-refractivity contribution >= 4 is 27.6 Å². The molecular weight excluding hydrogens is 404 g/mol. The number of benzene rings is 3. The third-order valence-electron chi connectivity index (χ3n) is 6.30. The number of fused-ring (bicyclic) bond motifs is 3. The molecule has 0 aliphatic carbocycles. The largest absolute Gasteiger partial charge is 0.466 e. The van der Waals surface area contributed by atoms with E-state index in [9.17, 15) is 0 Å². The lowest BCUT2D eigenvalue weighted by molar-refractivity contribution is -0.660. The molecule has 0 atom stereocenters.